The molecule has 0 radical (unpaired) electrons. The minimum absolute atomic E-state index is 0.0220. The summed E-state index contributed by atoms with van der Waals surface area (Å²) < 4.78 is 11.8. The summed E-state index contributed by atoms with van der Waals surface area (Å²) in [7, 11) is 1.79. The Labute approximate surface area is 171 Å². The van der Waals surface area contributed by atoms with E-state index in [-0.39, 0.29) is 23.6 Å². The van der Waals surface area contributed by atoms with Crippen molar-refractivity contribution in [1.29, 1.82) is 0 Å². The van der Waals surface area contributed by atoms with E-state index >= 15 is 0 Å². The Morgan fingerprint density at radius 3 is 2.75 bits per heavy atom. The lowest BCUT2D eigenvalue weighted by molar-refractivity contribution is -0.132. The van der Waals surface area contributed by atoms with Gasteiger partial charge < -0.3 is 19.7 Å². The predicted octanol–water partition coefficient (Wildman–Crippen LogP) is 4.76. The second-order valence-electron chi connectivity index (χ2n) is 7.19. The molecule has 1 amide bonds. The van der Waals surface area contributed by atoms with E-state index in [2.05, 4.69) is 19.2 Å². The molecule has 150 valence electrons. The molecular formula is C22H28N2O3S. The maximum Gasteiger partial charge on any atom is 0.262 e. The summed E-state index contributed by atoms with van der Waals surface area (Å²) in [6.07, 6.45) is 0.842. The third-order valence-electron chi connectivity index (χ3n) is 4.56. The zero-order valence-corrected chi connectivity index (χ0v) is 17.9. The van der Waals surface area contributed by atoms with Crippen molar-refractivity contribution in [2.24, 2.45) is 0 Å². The first-order valence-electron chi connectivity index (χ1n) is 9.64. The number of carbonyl (C=O) groups excluding carboxylic acids is 1. The number of fused-ring (bicyclic) bond motifs is 2. The van der Waals surface area contributed by atoms with Gasteiger partial charge in [-0.2, -0.15) is 0 Å². The Kier molecular flexibility index (Phi) is 6.08. The lowest BCUT2D eigenvalue weighted by Crippen LogP contribution is -2.40. The fourth-order valence-corrected chi connectivity index (χ4v) is 4.33. The fourth-order valence-electron chi connectivity index (χ4n) is 3.22. The van der Waals surface area contributed by atoms with Gasteiger partial charge in [0.2, 0.25) is 0 Å². The number of nitrogens with zero attached hydrogens (tertiary/aromatic N) is 1. The SMILES string of the molecule is CC.CN(C(=O)COc1cccc2c1OC(C)(C)C2)C1Nc2ccccc2S1. The Morgan fingerprint density at radius 1 is 1.25 bits per heavy atom. The van der Waals surface area contributed by atoms with E-state index in [4.69, 9.17) is 9.47 Å². The van der Waals surface area contributed by atoms with Crippen LogP contribution in [-0.2, 0) is 11.2 Å². The zero-order valence-electron chi connectivity index (χ0n) is 17.1. The largest absolute Gasteiger partial charge is 0.483 e. The summed E-state index contributed by atoms with van der Waals surface area (Å²) in [6.45, 7) is 8.08. The summed E-state index contributed by atoms with van der Waals surface area (Å²) >= 11 is 1.63. The highest BCUT2D eigenvalue weighted by Crippen LogP contribution is 2.42. The Morgan fingerprint density at radius 2 is 2.00 bits per heavy atom. The van der Waals surface area contributed by atoms with E-state index in [9.17, 15) is 4.79 Å². The summed E-state index contributed by atoms with van der Waals surface area (Å²) in [5.41, 5.74) is 1.82. The van der Waals surface area contributed by atoms with Crippen LogP contribution in [0.5, 0.6) is 11.5 Å². The number of amides is 1. The number of carbonyl (C=O) groups is 1. The molecule has 5 nitrogen and oxygen atoms in total. The molecule has 0 aliphatic carbocycles. The van der Waals surface area contributed by atoms with Crippen LogP contribution in [-0.4, -0.2) is 35.6 Å². The molecule has 2 aliphatic heterocycles. The predicted molar refractivity (Wildman–Crippen MR) is 114 cm³/mol. The molecule has 2 heterocycles. The van der Waals surface area contributed by atoms with Crippen molar-refractivity contribution in [3.05, 3.63) is 48.0 Å². The highest BCUT2D eigenvalue weighted by atomic mass is 32.2. The number of nitrogens with one attached hydrogen (secondary N) is 1. The average Bonchev–Trinajstić information content (AvgIpc) is 3.26. The molecule has 2 aromatic rings. The van der Waals surface area contributed by atoms with Crippen molar-refractivity contribution in [1.82, 2.24) is 4.90 Å². The number of para-hydroxylation sites is 2. The third-order valence-corrected chi connectivity index (χ3v) is 5.82. The Hall–Kier alpha value is -2.34. The first-order chi connectivity index (χ1) is 13.4. The molecule has 28 heavy (non-hydrogen) atoms. The number of anilines is 1. The number of ether oxygens (including phenoxy) is 2. The number of hydrogen-bond donors (Lipinski definition) is 1. The van der Waals surface area contributed by atoms with Gasteiger partial charge in [0, 0.05) is 23.9 Å². The summed E-state index contributed by atoms with van der Waals surface area (Å²) in [6, 6.07) is 13.9. The fraction of sp³-hybridized carbons (Fsp3) is 0.409. The number of hydrogen-bond acceptors (Lipinski definition) is 5. The number of thioether (sulfide) groups is 1. The monoisotopic (exact) mass is 400 g/mol. The van der Waals surface area contributed by atoms with Gasteiger partial charge in [-0.15, -0.1) is 0 Å². The topological polar surface area (TPSA) is 50.8 Å². The van der Waals surface area contributed by atoms with Gasteiger partial charge in [-0.3, -0.25) is 4.79 Å². The minimum Gasteiger partial charge on any atom is -0.483 e. The standard InChI is InChI=1S/C20H22N2O3S.C2H6/c1-20(2)11-13-7-6-9-15(18(13)25-20)24-12-17(23)22(3)19-21-14-8-4-5-10-16(14)26-19;1-2/h4-10,19,21H,11-12H2,1-3H3;1-2H3. The van der Waals surface area contributed by atoms with Crippen molar-refractivity contribution < 1.29 is 14.3 Å². The van der Waals surface area contributed by atoms with E-state index < -0.39 is 0 Å². The van der Waals surface area contributed by atoms with Gasteiger partial charge in [-0.25, -0.2) is 0 Å². The Bertz CT molecular complexity index is 828. The summed E-state index contributed by atoms with van der Waals surface area (Å²) in [5.74, 6) is 1.30. The number of likely N-dealkylation sites (N-methyl/N-ethyl adjacent to an activating group) is 1. The Balaban J connectivity index is 0.00000109. The normalized spacial score (nSPS) is 18.0. The van der Waals surface area contributed by atoms with Crippen LogP contribution < -0.4 is 14.8 Å². The van der Waals surface area contributed by atoms with Crippen molar-refractivity contribution in [2.75, 3.05) is 19.0 Å². The second-order valence-corrected chi connectivity index (χ2v) is 8.31. The molecule has 0 saturated carbocycles. The van der Waals surface area contributed by atoms with Gasteiger partial charge in [0.15, 0.2) is 23.6 Å². The molecule has 0 fully saturated rings. The van der Waals surface area contributed by atoms with Crippen LogP contribution in [0.15, 0.2) is 47.4 Å². The summed E-state index contributed by atoms with van der Waals surface area (Å²) in [4.78, 5) is 15.4. The molecule has 1 N–H and O–H groups in total. The molecule has 0 saturated heterocycles. The van der Waals surface area contributed by atoms with Crippen LogP contribution in [0.4, 0.5) is 5.69 Å². The van der Waals surface area contributed by atoms with Gasteiger partial charge in [0.05, 0.1) is 5.69 Å². The molecule has 0 bridgehead atoms. The van der Waals surface area contributed by atoms with Gasteiger partial charge in [-0.1, -0.05) is 49.9 Å². The van der Waals surface area contributed by atoms with Crippen molar-refractivity contribution in [3.8, 4) is 11.5 Å². The van der Waals surface area contributed by atoms with Crippen LogP contribution in [0.2, 0.25) is 0 Å². The van der Waals surface area contributed by atoms with Crippen LogP contribution in [0.1, 0.15) is 33.3 Å². The molecule has 0 spiro atoms. The van der Waals surface area contributed by atoms with Crippen LogP contribution in [0.3, 0.4) is 0 Å². The van der Waals surface area contributed by atoms with E-state index in [0.717, 1.165) is 28.3 Å². The number of rotatable bonds is 4. The lowest BCUT2D eigenvalue weighted by atomic mass is 10.0. The van der Waals surface area contributed by atoms with Crippen molar-refractivity contribution in [2.45, 2.75) is 50.1 Å². The quantitative estimate of drug-likeness (QED) is 0.801. The van der Waals surface area contributed by atoms with E-state index in [1.165, 1.54) is 0 Å². The van der Waals surface area contributed by atoms with E-state index in [1.807, 2.05) is 56.3 Å². The number of benzene rings is 2. The van der Waals surface area contributed by atoms with Crippen molar-refractivity contribution >= 4 is 23.4 Å². The maximum absolute atomic E-state index is 12.6. The highest BCUT2D eigenvalue weighted by molar-refractivity contribution is 8.00. The van der Waals surface area contributed by atoms with Gasteiger partial charge in [-0.05, 0) is 32.0 Å². The molecule has 1 unspecified atom stereocenters. The second kappa shape index (κ2) is 8.35. The third kappa shape index (κ3) is 4.22. The van der Waals surface area contributed by atoms with E-state index in [0.29, 0.717) is 5.75 Å². The average molecular weight is 401 g/mol. The zero-order chi connectivity index (χ0) is 20.3. The maximum atomic E-state index is 12.6. The first-order valence-corrected chi connectivity index (χ1v) is 10.5. The smallest absolute Gasteiger partial charge is 0.262 e. The first kappa shape index (κ1) is 20.4. The molecular weight excluding hydrogens is 372 g/mol. The minimum atomic E-state index is -0.237. The molecule has 2 aromatic carbocycles. The molecule has 0 aromatic heterocycles. The summed E-state index contributed by atoms with van der Waals surface area (Å²) in [5, 5.41) is 3.35. The van der Waals surface area contributed by atoms with Crippen LogP contribution in [0, 0.1) is 0 Å². The van der Waals surface area contributed by atoms with E-state index in [1.54, 1.807) is 23.7 Å². The molecule has 2 aliphatic rings. The van der Waals surface area contributed by atoms with Crippen LogP contribution in [0.25, 0.3) is 0 Å². The lowest BCUT2D eigenvalue weighted by Gasteiger charge is -2.24. The highest BCUT2D eigenvalue weighted by Gasteiger charge is 2.33. The van der Waals surface area contributed by atoms with Gasteiger partial charge in [0.25, 0.3) is 5.91 Å². The van der Waals surface area contributed by atoms with Gasteiger partial charge in [0.1, 0.15) is 5.60 Å². The molecule has 4 rings (SSSR count). The van der Waals surface area contributed by atoms with Crippen LogP contribution >= 0.6 is 11.8 Å². The van der Waals surface area contributed by atoms with Crippen molar-refractivity contribution in [3.63, 3.8) is 0 Å². The van der Waals surface area contributed by atoms with Gasteiger partial charge >= 0.3 is 0 Å². The molecule has 6 heteroatoms. The molecule has 1 atom stereocenters.